The van der Waals surface area contributed by atoms with Gasteiger partial charge < -0.3 is 20.1 Å². The molecule has 12 nitrogen and oxygen atoms in total. The summed E-state index contributed by atoms with van der Waals surface area (Å²) >= 11 is 0. The van der Waals surface area contributed by atoms with Gasteiger partial charge in [0.2, 0.25) is 6.04 Å². The number of esters is 1. The van der Waals surface area contributed by atoms with Gasteiger partial charge in [0.1, 0.15) is 6.54 Å². The first-order valence-electron chi connectivity index (χ1n) is 8.46. The Kier molecular flexibility index (Phi) is 3.73. The number of benzene rings is 1. The third-order valence-corrected chi connectivity index (χ3v) is 5.32. The minimum atomic E-state index is -2.73. The molecule has 1 saturated heterocycles. The number of carbonyl (C=O) groups excluding carboxylic acids is 1. The fraction of sp³-hybridized carbons (Fsp3) is 0.375. The van der Waals surface area contributed by atoms with Crippen LogP contribution in [-0.4, -0.2) is 79.9 Å². The maximum atomic E-state index is 12.4. The van der Waals surface area contributed by atoms with E-state index in [4.69, 9.17) is 16.2 Å². The number of carboxylic acid groups (broad SMARTS) is 1. The average molecular weight is 392 g/mol. The highest BCUT2D eigenvalue weighted by molar-refractivity contribution is 5.89. The largest absolute Gasteiger partial charge is 0.479 e. The predicted octanol–water partition coefficient (Wildman–Crippen LogP) is -5.65. The standard InChI is InChI=1S/C16H18N6O6/c17-13-20-10-9(11(23)24)19-14(18)22-6-8(16(26,27)15(10,22)21-13)28-12(25)7-4-2-1-3-5-7/h1-5,8-10,26-27H,6H2,(H6,17,18,19,20,21,23,24)/p+2/t8-,9?,10-,15-/m0/s1. The van der Waals surface area contributed by atoms with E-state index in [1.807, 2.05) is 0 Å². The molecule has 0 amide bonds. The van der Waals surface area contributed by atoms with Gasteiger partial charge in [0.25, 0.3) is 5.79 Å². The quantitative estimate of drug-likeness (QED) is 0.139. The molecule has 148 valence electrons. The van der Waals surface area contributed by atoms with Crippen molar-refractivity contribution in [2.24, 2.45) is 11.5 Å². The van der Waals surface area contributed by atoms with Gasteiger partial charge in [-0.3, -0.25) is 21.8 Å². The second kappa shape index (κ2) is 5.81. The first-order valence-corrected chi connectivity index (χ1v) is 8.46. The minimum Gasteiger partial charge on any atom is -0.479 e. The van der Waals surface area contributed by atoms with Gasteiger partial charge in [0, 0.05) is 0 Å². The molecule has 12 heteroatoms. The van der Waals surface area contributed by atoms with Crippen LogP contribution >= 0.6 is 0 Å². The van der Waals surface area contributed by atoms with Crippen LogP contribution in [0.4, 0.5) is 0 Å². The Hall–Kier alpha value is -3.38. The zero-order valence-electron chi connectivity index (χ0n) is 14.5. The fourth-order valence-corrected chi connectivity index (χ4v) is 4.06. The number of nitrogens with zero attached hydrogens (tertiary/aromatic N) is 1. The molecule has 0 aromatic heterocycles. The zero-order valence-corrected chi connectivity index (χ0v) is 14.5. The second-order valence-electron chi connectivity index (χ2n) is 6.87. The highest BCUT2D eigenvalue weighted by Crippen LogP contribution is 2.39. The molecule has 1 unspecified atom stereocenters. The van der Waals surface area contributed by atoms with Crippen molar-refractivity contribution in [1.29, 1.82) is 0 Å². The summed E-state index contributed by atoms with van der Waals surface area (Å²) in [5.41, 5.74) is 10.1. The number of rotatable bonds is 3. The number of carboxylic acids is 1. The summed E-state index contributed by atoms with van der Waals surface area (Å²) in [6.07, 6.45) is -1.45. The van der Waals surface area contributed by atoms with Crippen LogP contribution in [0.25, 0.3) is 0 Å². The molecule has 4 rings (SSSR count). The molecular formula is C16H20N6O6+2. The summed E-state index contributed by atoms with van der Waals surface area (Å²) in [7, 11) is 0. The molecule has 3 aliphatic heterocycles. The van der Waals surface area contributed by atoms with Crippen molar-refractivity contribution < 1.29 is 39.2 Å². The van der Waals surface area contributed by atoms with Crippen LogP contribution in [0.1, 0.15) is 10.4 Å². The van der Waals surface area contributed by atoms with E-state index in [0.29, 0.717) is 0 Å². The number of hydrogen-bond donors (Lipinski definition) is 8. The van der Waals surface area contributed by atoms with E-state index < -0.39 is 41.6 Å². The van der Waals surface area contributed by atoms with E-state index in [9.17, 15) is 24.9 Å². The minimum absolute atomic E-state index is 0.0692. The smallest absolute Gasteiger partial charge is 0.347 e. The molecule has 0 radical (unpaired) electrons. The molecule has 4 atom stereocenters. The summed E-state index contributed by atoms with van der Waals surface area (Å²) in [5, 5.41) is 36.9. The van der Waals surface area contributed by atoms with Gasteiger partial charge in [-0.05, 0) is 12.1 Å². The second-order valence-corrected chi connectivity index (χ2v) is 6.87. The average Bonchev–Trinajstić information content (AvgIpc) is 3.11. The van der Waals surface area contributed by atoms with Gasteiger partial charge in [0.05, 0.1) is 5.56 Å². The third-order valence-electron chi connectivity index (χ3n) is 5.32. The fourth-order valence-electron chi connectivity index (χ4n) is 4.06. The lowest BCUT2D eigenvalue weighted by molar-refractivity contribution is -0.672. The summed E-state index contributed by atoms with van der Waals surface area (Å²) in [4.78, 5) is 26.8. The van der Waals surface area contributed by atoms with Crippen molar-refractivity contribution in [2.45, 2.75) is 29.6 Å². The first kappa shape index (κ1) is 18.0. The summed E-state index contributed by atoms with van der Waals surface area (Å²) in [6.45, 7) is -0.213. The van der Waals surface area contributed by atoms with Crippen molar-refractivity contribution in [1.82, 2.24) is 10.6 Å². The van der Waals surface area contributed by atoms with Crippen LogP contribution in [0, 0.1) is 0 Å². The van der Waals surface area contributed by atoms with Crippen molar-refractivity contribution in [3.8, 4) is 0 Å². The van der Waals surface area contributed by atoms with E-state index in [1.165, 1.54) is 16.7 Å². The normalized spacial score (nSPS) is 32.5. The lowest BCUT2D eigenvalue weighted by atomic mass is 9.86. The molecule has 1 spiro atoms. The van der Waals surface area contributed by atoms with Crippen molar-refractivity contribution in [3.05, 3.63) is 35.9 Å². The Morgan fingerprint density at radius 2 is 1.93 bits per heavy atom. The Balaban J connectivity index is 1.74. The Bertz CT molecular complexity index is 915. The lowest BCUT2D eigenvalue weighted by Gasteiger charge is -2.39. The van der Waals surface area contributed by atoms with E-state index in [1.54, 1.807) is 18.2 Å². The van der Waals surface area contributed by atoms with Crippen LogP contribution in [0.2, 0.25) is 0 Å². The number of nitrogens with two attached hydrogens (primary N) is 2. The number of aliphatic carboxylic acids is 1. The van der Waals surface area contributed by atoms with Gasteiger partial charge in [0.15, 0.2) is 12.1 Å². The van der Waals surface area contributed by atoms with E-state index in [-0.39, 0.29) is 24.0 Å². The Morgan fingerprint density at radius 1 is 1.25 bits per heavy atom. The van der Waals surface area contributed by atoms with Gasteiger partial charge >= 0.3 is 29.5 Å². The Labute approximate surface area is 158 Å². The molecule has 0 saturated carbocycles. The molecule has 10 N–H and O–H groups in total. The number of guanidine groups is 2. The Morgan fingerprint density at radius 3 is 2.57 bits per heavy atom. The monoisotopic (exact) mass is 392 g/mol. The molecule has 0 aliphatic carbocycles. The van der Waals surface area contributed by atoms with E-state index in [0.717, 1.165) is 0 Å². The van der Waals surface area contributed by atoms with Gasteiger partial charge in [-0.15, -0.1) is 0 Å². The van der Waals surface area contributed by atoms with E-state index >= 15 is 0 Å². The molecule has 0 bridgehead atoms. The third kappa shape index (κ3) is 2.25. The number of carbonyl (C=O) groups is 2. The summed E-state index contributed by atoms with van der Waals surface area (Å²) < 4.78 is 6.64. The molecular weight excluding hydrogens is 372 g/mol. The zero-order chi connectivity index (χ0) is 20.3. The van der Waals surface area contributed by atoms with Crippen LogP contribution in [0.5, 0.6) is 0 Å². The predicted molar refractivity (Wildman–Crippen MR) is 91.5 cm³/mol. The highest BCUT2D eigenvalue weighted by atomic mass is 16.6. The molecule has 3 heterocycles. The van der Waals surface area contributed by atoms with Gasteiger partial charge in [-0.1, -0.05) is 18.2 Å². The number of hydrogen-bond acceptors (Lipinski definition) is 9. The number of ether oxygens (including phenoxy) is 1. The number of nitrogens with one attached hydrogen (secondary N) is 3. The van der Waals surface area contributed by atoms with Crippen molar-refractivity contribution >= 4 is 23.9 Å². The van der Waals surface area contributed by atoms with Gasteiger partial charge in [-0.25, -0.2) is 19.5 Å². The van der Waals surface area contributed by atoms with E-state index in [2.05, 4.69) is 15.6 Å². The lowest BCUT2D eigenvalue weighted by Crippen LogP contribution is -2.92. The highest BCUT2D eigenvalue weighted by Gasteiger charge is 2.79. The molecule has 1 aromatic rings. The van der Waals surface area contributed by atoms with Crippen LogP contribution in [0.3, 0.4) is 0 Å². The molecule has 3 aliphatic rings. The van der Waals surface area contributed by atoms with Crippen LogP contribution < -0.4 is 27.1 Å². The maximum absolute atomic E-state index is 12.4. The first-order chi connectivity index (χ1) is 13.2. The van der Waals surface area contributed by atoms with Crippen molar-refractivity contribution in [3.63, 3.8) is 0 Å². The van der Waals surface area contributed by atoms with Crippen molar-refractivity contribution in [2.75, 3.05) is 6.54 Å². The summed E-state index contributed by atoms with van der Waals surface area (Å²) in [6, 6.07) is 5.58. The maximum Gasteiger partial charge on any atom is 0.347 e. The van der Waals surface area contributed by atoms with Gasteiger partial charge in [-0.2, -0.15) is 0 Å². The van der Waals surface area contributed by atoms with Crippen LogP contribution in [-0.2, 0) is 9.53 Å². The molecule has 1 aromatic carbocycles. The SMILES string of the molecule is NC1=[NH+][C@H]2C(C(=O)O)NC(N)=[N+]3C[C@H](OC(=O)c4ccccc4)C(O)(O)[C@]23N1. The molecule has 28 heavy (non-hydrogen) atoms. The van der Waals surface area contributed by atoms with Crippen LogP contribution in [0.15, 0.2) is 30.3 Å². The molecule has 1 fully saturated rings. The number of aliphatic hydroxyl groups is 2. The summed E-state index contributed by atoms with van der Waals surface area (Å²) in [5.74, 6) is -4.97. The topological polar surface area (TPSA) is 197 Å².